The van der Waals surface area contributed by atoms with E-state index in [0.29, 0.717) is 37.8 Å². The molecule has 0 bridgehead atoms. The third-order valence-electron chi connectivity index (χ3n) is 5.38. The van der Waals surface area contributed by atoms with Gasteiger partial charge in [0, 0.05) is 37.5 Å². The summed E-state index contributed by atoms with van der Waals surface area (Å²) in [6, 6.07) is 3.78. The molecule has 0 spiro atoms. The van der Waals surface area contributed by atoms with Crippen molar-refractivity contribution in [3.8, 4) is 11.8 Å². The van der Waals surface area contributed by atoms with E-state index >= 15 is 0 Å². The van der Waals surface area contributed by atoms with Crippen molar-refractivity contribution in [3.63, 3.8) is 0 Å². The number of carbonyl (C=O) groups is 1. The van der Waals surface area contributed by atoms with E-state index in [1.165, 1.54) is 0 Å². The Bertz CT molecular complexity index is 1060. The smallest absolute Gasteiger partial charge is 0.242 e. The number of unbranched alkanes of at least 4 members (excludes halogenated alkanes) is 1. The number of rotatable bonds is 10. The number of methoxy groups -OCH3 is 1. The first-order valence-corrected chi connectivity index (χ1v) is 10.7. The molecule has 0 aromatic carbocycles. The number of hydrogen-bond acceptors (Lipinski definition) is 6. The zero-order valence-electron chi connectivity index (χ0n) is 19.0. The summed E-state index contributed by atoms with van der Waals surface area (Å²) in [6.07, 6.45) is 4.69. The second kappa shape index (κ2) is 10.2. The van der Waals surface area contributed by atoms with E-state index in [-0.39, 0.29) is 5.91 Å². The van der Waals surface area contributed by atoms with Crippen LogP contribution in [0.3, 0.4) is 0 Å². The van der Waals surface area contributed by atoms with Crippen molar-refractivity contribution in [2.24, 2.45) is 7.05 Å². The van der Waals surface area contributed by atoms with Crippen molar-refractivity contribution in [2.75, 3.05) is 13.7 Å². The van der Waals surface area contributed by atoms with Gasteiger partial charge in [-0.05, 0) is 43.9 Å². The van der Waals surface area contributed by atoms with Crippen LogP contribution in [-0.2, 0) is 24.8 Å². The number of aryl methyl sites for hydroxylation is 3. The molecule has 0 aliphatic heterocycles. The molecule has 8 heteroatoms. The lowest BCUT2D eigenvalue weighted by atomic mass is 10.00. The van der Waals surface area contributed by atoms with Crippen LogP contribution in [0.25, 0.3) is 11.0 Å². The third kappa shape index (κ3) is 5.13. The Labute approximate surface area is 183 Å². The van der Waals surface area contributed by atoms with Gasteiger partial charge in [0.05, 0.1) is 19.1 Å². The molecule has 31 heavy (non-hydrogen) atoms. The number of carbonyl (C=O) groups excluding carboxylic acids is 1. The summed E-state index contributed by atoms with van der Waals surface area (Å²) >= 11 is 0. The quantitative estimate of drug-likeness (QED) is 0.501. The minimum atomic E-state index is -0.0274. The standard InChI is InChI=1S/C23H31N5O3/c1-6-7-13-31-22-17(9-8-12-24-22)14-25-19(29)11-10-18-15(2)20-21(26-16(18)3)28(4)27-23(20)30-5/h8-9,12H,6-7,10-11,13-14H2,1-5H3,(H,25,29). The average molecular weight is 426 g/mol. The summed E-state index contributed by atoms with van der Waals surface area (Å²) in [5, 5.41) is 8.26. The second-order valence-corrected chi connectivity index (χ2v) is 7.58. The monoisotopic (exact) mass is 425 g/mol. The van der Waals surface area contributed by atoms with E-state index in [2.05, 4.69) is 27.3 Å². The molecule has 0 fully saturated rings. The first-order valence-electron chi connectivity index (χ1n) is 10.7. The van der Waals surface area contributed by atoms with Crippen LogP contribution in [0.2, 0.25) is 0 Å². The maximum absolute atomic E-state index is 12.5. The summed E-state index contributed by atoms with van der Waals surface area (Å²) in [6.45, 7) is 7.13. The molecule has 1 N–H and O–H groups in total. The summed E-state index contributed by atoms with van der Waals surface area (Å²) in [7, 11) is 3.45. The van der Waals surface area contributed by atoms with E-state index in [9.17, 15) is 4.79 Å². The van der Waals surface area contributed by atoms with Crippen LogP contribution in [0, 0.1) is 13.8 Å². The third-order valence-corrected chi connectivity index (χ3v) is 5.38. The van der Waals surface area contributed by atoms with E-state index < -0.39 is 0 Å². The Morgan fingerprint density at radius 2 is 2.06 bits per heavy atom. The van der Waals surface area contributed by atoms with Crippen molar-refractivity contribution >= 4 is 16.9 Å². The van der Waals surface area contributed by atoms with E-state index in [0.717, 1.165) is 46.3 Å². The van der Waals surface area contributed by atoms with Gasteiger partial charge in [0.2, 0.25) is 17.7 Å². The highest BCUT2D eigenvalue weighted by Crippen LogP contribution is 2.30. The molecule has 3 rings (SSSR count). The summed E-state index contributed by atoms with van der Waals surface area (Å²) in [4.78, 5) is 21.5. The largest absolute Gasteiger partial charge is 0.479 e. The van der Waals surface area contributed by atoms with Gasteiger partial charge in [-0.25, -0.2) is 14.6 Å². The van der Waals surface area contributed by atoms with Gasteiger partial charge >= 0.3 is 0 Å². The van der Waals surface area contributed by atoms with Crippen LogP contribution in [0.4, 0.5) is 0 Å². The molecule has 0 saturated carbocycles. The molecule has 166 valence electrons. The molecule has 0 saturated heterocycles. The zero-order valence-corrected chi connectivity index (χ0v) is 19.0. The molecule has 3 aromatic rings. The van der Waals surface area contributed by atoms with Crippen LogP contribution in [-0.4, -0.2) is 39.4 Å². The number of pyridine rings is 2. The van der Waals surface area contributed by atoms with Gasteiger partial charge in [-0.2, -0.15) is 0 Å². The summed E-state index contributed by atoms with van der Waals surface area (Å²) < 4.78 is 12.9. The van der Waals surface area contributed by atoms with Gasteiger partial charge in [-0.1, -0.05) is 19.4 Å². The van der Waals surface area contributed by atoms with Crippen molar-refractivity contribution in [1.82, 2.24) is 25.1 Å². The minimum Gasteiger partial charge on any atom is -0.479 e. The highest BCUT2D eigenvalue weighted by molar-refractivity contribution is 5.86. The fourth-order valence-corrected chi connectivity index (χ4v) is 3.63. The molecule has 0 radical (unpaired) electrons. The van der Waals surface area contributed by atoms with Crippen LogP contribution >= 0.6 is 0 Å². The van der Waals surface area contributed by atoms with Gasteiger partial charge in [-0.15, -0.1) is 5.10 Å². The van der Waals surface area contributed by atoms with E-state index in [1.807, 2.05) is 33.0 Å². The lowest BCUT2D eigenvalue weighted by molar-refractivity contribution is -0.121. The van der Waals surface area contributed by atoms with Crippen LogP contribution in [0.1, 0.15) is 48.6 Å². The summed E-state index contributed by atoms with van der Waals surface area (Å²) in [5.74, 6) is 1.11. The molecular weight excluding hydrogens is 394 g/mol. The second-order valence-electron chi connectivity index (χ2n) is 7.58. The Hall–Kier alpha value is -3.16. The normalized spacial score (nSPS) is 11.0. The van der Waals surface area contributed by atoms with E-state index in [1.54, 1.807) is 18.0 Å². The SMILES string of the molecule is CCCCOc1ncccc1CNC(=O)CCc1c(C)nc2c(c(OC)nn2C)c1C. The Balaban J connectivity index is 1.65. The predicted octanol–water partition coefficient (Wildman–Crippen LogP) is 3.42. The highest BCUT2D eigenvalue weighted by Gasteiger charge is 2.18. The van der Waals surface area contributed by atoms with Crippen molar-refractivity contribution in [3.05, 3.63) is 40.7 Å². The number of amides is 1. The zero-order chi connectivity index (χ0) is 22.4. The van der Waals surface area contributed by atoms with Crippen LogP contribution in [0.5, 0.6) is 11.8 Å². The predicted molar refractivity (Wildman–Crippen MR) is 119 cm³/mol. The lowest BCUT2D eigenvalue weighted by Crippen LogP contribution is -2.23. The topological polar surface area (TPSA) is 91.2 Å². The number of nitrogens with zero attached hydrogens (tertiary/aromatic N) is 4. The average Bonchev–Trinajstić information content (AvgIpc) is 3.08. The maximum atomic E-state index is 12.5. The first-order chi connectivity index (χ1) is 15.0. The number of nitrogens with one attached hydrogen (secondary N) is 1. The van der Waals surface area contributed by atoms with Gasteiger partial charge < -0.3 is 14.8 Å². The Morgan fingerprint density at radius 1 is 1.26 bits per heavy atom. The first kappa shape index (κ1) is 22.5. The molecule has 0 unspecified atom stereocenters. The van der Waals surface area contributed by atoms with Crippen molar-refractivity contribution in [2.45, 2.75) is 53.0 Å². The molecule has 3 aromatic heterocycles. The van der Waals surface area contributed by atoms with Crippen molar-refractivity contribution < 1.29 is 14.3 Å². The van der Waals surface area contributed by atoms with Crippen LogP contribution < -0.4 is 14.8 Å². The van der Waals surface area contributed by atoms with Gasteiger partial charge in [0.1, 0.15) is 0 Å². The number of aromatic nitrogens is 4. The Kier molecular flexibility index (Phi) is 7.44. The van der Waals surface area contributed by atoms with E-state index in [4.69, 9.17) is 9.47 Å². The van der Waals surface area contributed by atoms with Gasteiger partial charge in [-0.3, -0.25) is 4.79 Å². The molecule has 0 aliphatic carbocycles. The number of fused-ring (bicyclic) bond motifs is 1. The minimum absolute atomic E-state index is 0.0274. The molecule has 3 heterocycles. The number of hydrogen-bond donors (Lipinski definition) is 1. The van der Waals surface area contributed by atoms with Gasteiger partial charge in [0.25, 0.3) is 0 Å². The van der Waals surface area contributed by atoms with Crippen LogP contribution in [0.15, 0.2) is 18.3 Å². The Morgan fingerprint density at radius 3 is 2.81 bits per heavy atom. The lowest BCUT2D eigenvalue weighted by Gasteiger charge is -2.12. The van der Waals surface area contributed by atoms with Gasteiger partial charge in [0.15, 0.2) is 5.65 Å². The number of ether oxygens (including phenoxy) is 2. The summed E-state index contributed by atoms with van der Waals surface area (Å²) in [5.41, 5.74) is 4.68. The fourth-order valence-electron chi connectivity index (χ4n) is 3.63. The molecule has 0 atom stereocenters. The highest BCUT2D eigenvalue weighted by atomic mass is 16.5. The fraction of sp³-hybridized carbons (Fsp3) is 0.478. The maximum Gasteiger partial charge on any atom is 0.242 e. The molecule has 0 aliphatic rings. The molecule has 8 nitrogen and oxygen atoms in total. The molecular formula is C23H31N5O3. The molecule has 1 amide bonds. The van der Waals surface area contributed by atoms with Crippen molar-refractivity contribution in [1.29, 1.82) is 0 Å².